The van der Waals surface area contributed by atoms with Gasteiger partial charge in [0.2, 0.25) is 0 Å². The molecule has 4 N–H and O–H groups in total. The molecule has 4 unspecified atom stereocenters. The molecule has 0 heterocycles. The number of hydrogen-bond donors (Lipinski definition) is 4. The van der Waals surface area contributed by atoms with Gasteiger partial charge >= 0.3 is 11.0 Å². The molecule has 0 saturated carbocycles. The van der Waals surface area contributed by atoms with Crippen LogP contribution >= 0.6 is 0 Å². The monoisotopic (exact) mass is 352 g/mol. The summed E-state index contributed by atoms with van der Waals surface area (Å²) in [5.74, 6) is 0. The average molecular weight is 352 g/mol. The first-order chi connectivity index (χ1) is 6.93. The molecule has 0 bridgehead atoms. The Kier molecular flexibility index (Phi) is 45.5. The molecule has 0 rings (SSSR count). The van der Waals surface area contributed by atoms with Crippen LogP contribution in [0.2, 0.25) is 0 Å². The second-order valence-electron chi connectivity index (χ2n) is 0.868. The Morgan fingerprint density at radius 1 is 0.529 bits per heavy atom. The quantitative estimate of drug-likeness (QED) is 0.251. The van der Waals surface area contributed by atoms with E-state index in [1.165, 1.54) is 0 Å². The van der Waals surface area contributed by atoms with Crippen molar-refractivity contribution in [3.63, 3.8) is 0 Å². The van der Waals surface area contributed by atoms with Gasteiger partial charge in [0.1, 0.15) is 0 Å². The van der Waals surface area contributed by atoms with Crippen LogP contribution in [0.5, 0.6) is 0 Å². The Morgan fingerprint density at radius 3 is 0.529 bits per heavy atom. The third-order valence-corrected chi connectivity index (χ3v) is 0. The van der Waals surface area contributed by atoms with E-state index in [-0.39, 0.29) is 11.0 Å². The third kappa shape index (κ3) is 14000. The summed E-state index contributed by atoms with van der Waals surface area (Å²) in [6, 6.07) is 0. The molecule has 12 nitrogen and oxygen atoms in total. The van der Waals surface area contributed by atoms with Crippen molar-refractivity contribution in [3.8, 4) is 0 Å². The van der Waals surface area contributed by atoms with Gasteiger partial charge in [0.15, 0.2) is 0 Å². The second-order valence-corrected chi connectivity index (χ2v) is 2.61. The van der Waals surface area contributed by atoms with Crippen molar-refractivity contribution in [2.24, 2.45) is 0 Å². The van der Waals surface area contributed by atoms with E-state index in [1.54, 1.807) is 0 Å². The summed E-state index contributed by atoms with van der Waals surface area (Å²) in [7, 11) is 0. The van der Waals surface area contributed by atoms with Crippen LogP contribution in [0, 0.1) is 0 Å². The molecule has 0 fully saturated rings. The second kappa shape index (κ2) is 25.4. The largest absolute Gasteiger partial charge is 4.00 e. The van der Waals surface area contributed by atoms with Crippen LogP contribution in [0.25, 0.3) is 0 Å². The van der Waals surface area contributed by atoms with Gasteiger partial charge < -0.3 is 36.4 Å². The van der Waals surface area contributed by atoms with Crippen LogP contribution in [0.3, 0.4) is 0 Å². The molecule has 0 aromatic carbocycles. The molecule has 0 aromatic heterocycles. The summed E-state index contributed by atoms with van der Waals surface area (Å²) in [5.41, 5.74) is 0. The van der Waals surface area contributed by atoms with E-state index < -0.39 is 45.4 Å². The van der Waals surface area contributed by atoms with Crippen LogP contribution in [-0.2, 0) is 45.4 Å². The summed E-state index contributed by atoms with van der Waals surface area (Å²) in [6.45, 7) is 0. The first-order valence-electron chi connectivity index (χ1n) is 2.06. The Labute approximate surface area is 110 Å². The van der Waals surface area contributed by atoms with Gasteiger partial charge in [-0.2, -0.15) is 0 Å². The fraction of sp³-hybridized carbons (Fsp3) is 0. The molecule has 17 heteroatoms. The minimum atomic E-state index is -2.86. The molecule has 4 atom stereocenters. The maximum atomic E-state index is 8.56. The molecule has 0 saturated heterocycles. The predicted octanol–water partition coefficient (Wildman–Crippen LogP) is -3.03. The van der Waals surface area contributed by atoms with E-state index in [4.69, 9.17) is 53.3 Å². The molecule has 17 heavy (non-hydrogen) atoms. The molecule has 0 radical (unpaired) electrons. The first kappa shape index (κ1) is 30.5. The van der Waals surface area contributed by atoms with Gasteiger partial charge in [-0.3, -0.25) is 0 Å². The van der Waals surface area contributed by atoms with Crippen LogP contribution in [0.1, 0.15) is 0 Å². The standard InChI is InChI=1S/4H2O3S.Si/c4*1-4(2)3;/h4*(H2,1,2,3);/q;;;;+4/p-4. The molecule has 0 aliphatic heterocycles. The number of hydrogen-bond acceptors (Lipinski definition) is 8. The Balaban J connectivity index is -0.0000000369. The molecule has 0 aromatic rings. The van der Waals surface area contributed by atoms with Crippen molar-refractivity contribution in [3.05, 3.63) is 0 Å². The molecule has 104 valence electrons. The maximum absolute atomic E-state index is 8.56. The van der Waals surface area contributed by atoms with Crippen LogP contribution < -0.4 is 0 Å². The zero-order valence-electron chi connectivity index (χ0n) is 7.19. The van der Waals surface area contributed by atoms with Crippen LogP contribution in [0.4, 0.5) is 0 Å². The van der Waals surface area contributed by atoms with E-state index in [0.29, 0.717) is 0 Å². The van der Waals surface area contributed by atoms with Crippen molar-refractivity contribution in [2.45, 2.75) is 0 Å². The fourth-order valence-electron chi connectivity index (χ4n) is 0. The predicted molar refractivity (Wildman–Crippen MR) is 51.9 cm³/mol. The van der Waals surface area contributed by atoms with Crippen molar-refractivity contribution in [2.75, 3.05) is 0 Å². The first-order valence-corrected chi connectivity index (χ1v) is 6.19. The van der Waals surface area contributed by atoms with Crippen molar-refractivity contribution >= 4 is 56.4 Å². The van der Waals surface area contributed by atoms with E-state index in [1.807, 2.05) is 0 Å². The Hall–Kier alpha value is 0.497. The maximum Gasteiger partial charge on any atom is 4.00 e. The topological polar surface area (TPSA) is 241 Å². The Bertz CT molecular complexity index is 159. The van der Waals surface area contributed by atoms with Gasteiger partial charge in [0.25, 0.3) is 0 Å². The normalized spacial score (nSPS) is 14.6. The zero-order chi connectivity index (χ0) is 14.3. The molecule has 0 amide bonds. The van der Waals surface area contributed by atoms with E-state index >= 15 is 0 Å². The Morgan fingerprint density at radius 2 is 0.529 bits per heavy atom. The van der Waals surface area contributed by atoms with Crippen molar-refractivity contribution < 1.29 is 53.3 Å². The SMILES string of the molecule is O=S([O-])O.O=S([O-])O.O=S([O-])O.O=S([O-])O.[Si+4]. The van der Waals surface area contributed by atoms with Gasteiger partial charge in [-0.05, 0) is 0 Å². The van der Waals surface area contributed by atoms with Crippen molar-refractivity contribution in [1.29, 1.82) is 0 Å². The van der Waals surface area contributed by atoms with Gasteiger partial charge in [0, 0.05) is 0 Å². The van der Waals surface area contributed by atoms with Gasteiger partial charge in [0.05, 0.1) is 45.4 Å². The summed E-state index contributed by atoms with van der Waals surface area (Å²) < 4.78 is 96.3. The van der Waals surface area contributed by atoms with Gasteiger partial charge in [-0.1, -0.05) is 0 Å². The van der Waals surface area contributed by atoms with Crippen LogP contribution in [-0.4, -0.2) is 64.2 Å². The number of rotatable bonds is 0. The molecule has 0 spiro atoms. The summed E-state index contributed by atoms with van der Waals surface area (Å²) in [5, 5.41) is 0. The van der Waals surface area contributed by atoms with Crippen molar-refractivity contribution in [1.82, 2.24) is 0 Å². The summed E-state index contributed by atoms with van der Waals surface area (Å²) >= 11 is -11.4. The molecular weight excluding hydrogens is 348 g/mol. The summed E-state index contributed by atoms with van der Waals surface area (Å²) in [4.78, 5) is 0. The fourth-order valence-corrected chi connectivity index (χ4v) is 0. The van der Waals surface area contributed by atoms with Gasteiger partial charge in [-0.15, -0.1) is 0 Å². The smallest absolute Gasteiger partial charge is 0.750 e. The van der Waals surface area contributed by atoms with E-state index in [2.05, 4.69) is 0 Å². The third-order valence-electron chi connectivity index (χ3n) is 0. The average Bonchev–Trinajstić information content (AvgIpc) is 1.76. The molecular formula is H4O12S4Si. The minimum Gasteiger partial charge on any atom is -0.750 e. The minimum absolute atomic E-state index is 0. The summed E-state index contributed by atoms with van der Waals surface area (Å²) in [6.07, 6.45) is 0. The molecule has 0 aliphatic rings. The van der Waals surface area contributed by atoms with E-state index in [0.717, 1.165) is 0 Å². The van der Waals surface area contributed by atoms with E-state index in [9.17, 15) is 0 Å². The molecule has 0 aliphatic carbocycles. The van der Waals surface area contributed by atoms with Gasteiger partial charge in [-0.25, -0.2) is 16.8 Å². The zero-order valence-corrected chi connectivity index (χ0v) is 11.5. The van der Waals surface area contributed by atoms with Crippen LogP contribution in [0.15, 0.2) is 0 Å².